The van der Waals surface area contributed by atoms with Gasteiger partial charge in [-0.1, -0.05) is 35.4 Å². The van der Waals surface area contributed by atoms with Gasteiger partial charge in [-0.25, -0.2) is 13.4 Å². The zero-order valence-electron chi connectivity index (χ0n) is 19.3. The van der Waals surface area contributed by atoms with E-state index >= 15 is 0 Å². The van der Waals surface area contributed by atoms with Gasteiger partial charge in [0.25, 0.3) is 10.0 Å². The average molecular weight is 563 g/mol. The van der Waals surface area contributed by atoms with E-state index in [1.807, 2.05) is 12.1 Å². The maximum Gasteiger partial charge on any atom is 0.253 e. The largest absolute Gasteiger partial charge is 0.494 e. The number of carbonyl (C=O) groups excluding carboxylic acids is 1. The van der Waals surface area contributed by atoms with Gasteiger partial charge >= 0.3 is 0 Å². The molecule has 3 aromatic heterocycles. The summed E-state index contributed by atoms with van der Waals surface area (Å²) < 4.78 is 34.7. The fraction of sp³-hybridized carbons (Fsp3) is 0.292. The number of rotatable bonds is 7. The Morgan fingerprint density at radius 1 is 1.22 bits per heavy atom. The van der Waals surface area contributed by atoms with Crippen LogP contribution in [0.4, 0.5) is 5.13 Å². The molecule has 1 aliphatic rings. The first-order valence-corrected chi connectivity index (χ1v) is 14.8. The summed E-state index contributed by atoms with van der Waals surface area (Å²) in [4.78, 5) is 24.5. The predicted octanol–water partition coefficient (Wildman–Crippen LogP) is 5.19. The number of benzene rings is 1. The van der Waals surface area contributed by atoms with E-state index in [0.717, 1.165) is 23.3 Å². The lowest BCUT2D eigenvalue weighted by Gasteiger charge is -2.35. The second-order valence-electron chi connectivity index (χ2n) is 8.26. The highest BCUT2D eigenvalue weighted by molar-refractivity contribution is 7.91. The summed E-state index contributed by atoms with van der Waals surface area (Å²) in [6, 6.07) is 9.55. The lowest BCUT2D eigenvalue weighted by atomic mass is 10.0. The summed E-state index contributed by atoms with van der Waals surface area (Å²) in [7, 11) is -2.25. The number of carbonyl (C=O) groups is 1. The van der Waals surface area contributed by atoms with Crippen molar-refractivity contribution in [2.75, 3.05) is 18.6 Å². The molecule has 0 saturated carbocycles. The van der Waals surface area contributed by atoms with Gasteiger partial charge in [0.2, 0.25) is 5.91 Å². The molecule has 5 rings (SSSR count). The minimum Gasteiger partial charge on any atom is -0.494 e. The highest BCUT2D eigenvalue weighted by Gasteiger charge is 2.41. The molecule has 1 atom stereocenters. The first-order chi connectivity index (χ1) is 17.4. The number of anilines is 1. The van der Waals surface area contributed by atoms with Crippen molar-refractivity contribution >= 4 is 65.6 Å². The smallest absolute Gasteiger partial charge is 0.253 e. The molecule has 36 heavy (non-hydrogen) atoms. The van der Waals surface area contributed by atoms with Crippen LogP contribution in [-0.4, -0.2) is 48.3 Å². The first kappa shape index (κ1) is 25.1. The molecule has 188 valence electrons. The molecule has 4 heterocycles. The monoisotopic (exact) mass is 562 g/mol. The van der Waals surface area contributed by atoms with Crippen LogP contribution in [0.25, 0.3) is 10.2 Å². The number of sulfonamides is 1. The van der Waals surface area contributed by atoms with Gasteiger partial charge in [0.05, 0.1) is 23.4 Å². The third-order valence-corrected chi connectivity index (χ3v) is 10.9. The SMILES string of the molecule is COc1ccc(Cl)c2sc(N(Cc3ccncc3)C(=O)C3CCCCN3S(=O)(=O)c3cccs3)nc12. The van der Waals surface area contributed by atoms with Crippen LogP contribution in [0.5, 0.6) is 5.75 Å². The Bertz CT molecular complexity index is 1480. The van der Waals surface area contributed by atoms with Crippen LogP contribution < -0.4 is 9.64 Å². The van der Waals surface area contributed by atoms with E-state index in [4.69, 9.17) is 21.3 Å². The van der Waals surface area contributed by atoms with Crippen LogP contribution in [-0.2, 0) is 21.4 Å². The van der Waals surface area contributed by atoms with Gasteiger partial charge in [-0.3, -0.25) is 14.7 Å². The average Bonchev–Trinajstić information content (AvgIpc) is 3.60. The molecule has 12 heteroatoms. The number of thiazole rings is 1. The first-order valence-electron chi connectivity index (χ1n) is 11.3. The summed E-state index contributed by atoms with van der Waals surface area (Å²) in [5.74, 6) is 0.230. The van der Waals surface area contributed by atoms with Crippen molar-refractivity contribution in [3.63, 3.8) is 0 Å². The molecule has 0 aliphatic carbocycles. The van der Waals surface area contributed by atoms with Crippen molar-refractivity contribution < 1.29 is 17.9 Å². The Balaban J connectivity index is 1.58. The number of aromatic nitrogens is 2. The van der Waals surface area contributed by atoms with E-state index in [1.165, 1.54) is 15.6 Å². The number of hydrogen-bond donors (Lipinski definition) is 0. The van der Waals surface area contributed by atoms with Crippen molar-refractivity contribution in [3.05, 3.63) is 64.8 Å². The molecule has 1 unspecified atom stereocenters. The Hall–Kier alpha value is -2.57. The fourth-order valence-electron chi connectivity index (χ4n) is 4.28. The second kappa shape index (κ2) is 10.4. The molecular formula is C24H23ClN4O4S3. The topological polar surface area (TPSA) is 92.7 Å². The molecule has 0 bridgehead atoms. The highest BCUT2D eigenvalue weighted by atomic mass is 35.5. The van der Waals surface area contributed by atoms with Crippen molar-refractivity contribution in [1.29, 1.82) is 0 Å². The van der Waals surface area contributed by atoms with Crippen LogP contribution in [0.1, 0.15) is 24.8 Å². The molecule has 1 fully saturated rings. The summed E-state index contributed by atoms with van der Waals surface area (Å²) in [5, 5.41) is 2.66. The predicted molar refractivity (Wildman–Crippen MR) is 142 cm³/mol. The highest BCUT2D eigenvalue weighted by Crippen LogP contribution is 2.40. The molecule has 0 radical (unpaired) electrons. The van der Waals surface area contributed by atoms with E-state index in [1.54, 1.807) is 54.0 Å². The summed E-state index contributed by atoms with van der Waals surface area (Å²) in [5.41, 5.74) is 1.41. The number of piperidine rings is 1. The molecule has 1 aromatic carbocycles. The Morgan fingerprint density at radius 2 is 2.03 bits per heavy atom. The van der Waals surface area contributed by atoms with Crippen molar-refractivity contribution in [3.8, 4) is 5.75 Å². The van der Waals surface area contributed by atoms with Gasteiger partial charge in [-0.05, 0) is 54.1 Å². The summed E-state index contributed by atoms with van der Waals surface area (Å²) in [6.07, 6.45) is 5.21. The lowest BCUT2D eigenvalue weighted by Crippen LogP contribution is -2.52. The second-order valence-corrected chi connectivity index (χ2v) is 12.7. The molecule has 8 nitrogen and oxygen atoms in total. The minimum absolute atomic E-state index is 0.213. The Kier molecular flexibility index (Phi) is 7.27. The molecular weight excluding hydrogens is 540 g/mol. The van der Waals surface area contributed by atoms with E-state index in [9.17, 15) is 13.2 Å². The van der Waals surface area contributed by atoms with E-state index in [2.05, 4.69) is 4.98 Å². The number of nitrogens with zero attached hydrogens (tertiary/aromatic N) is 4. The van der Waals surface area contributed by atoms with Crippen molar-refractivity contribution in [2.45, 2.75) is 36.1 Å². The van der Waals surface area contributed by atoms with Crippen LogP contribution in [0.2, 0.25) is 5.02 Å². The van der Waals surface area contributed by atoms with E-state index in [-0.39, 0.29) is 16.7 Å². The van der Waals surface area contributed by atoms with E-state index in [0.29, 0.717) is 45.5 Å². The van der Waals surface area contributed by atoms with Gasteiger partial charge < -0.3 is 4.74 Å². The number of halogens is 1. The number of methoxy groups -OCH3 is 1. The standard InChI is InChI=1S/C24H23ClN4O4S3/c1-33-19-8-7-17(25)22-21(19)27-24(35-22)28(15-16-9-11-26-12-10-16)23(30)18-5-2-3-13-29(18)36(31,32)20-6-4-14-34-20/h4,6-12,14,18H,2-3,5,13,15H2,1H3. The number of thiophene rings is 1. The van der Waals surface area contributed by atoms with Crippen LogP contribution in [0, 0.1) is 0 Å². The molecule has 0 spiro atoms. The van der Waals surface area contributed by atoms with Gasteiger partial charge in [0.15, 0.2) is 5.13 Å². The number of pyridine rings is 1. The third-order valence-electron chi connectivity index (χ3n) is 6.05. The zero-order chi connectivity index (χ0) is 25.3. The number of fused-ring (bicyclic) bond motifs is 1. The molecule has 4 aromatic rings. The number of ether oxygens (including phenoxy) is 1. The minimum atomic E-state index is -3.81. The zero-order valence-corrected chi connectivity index (χ0v) is 22.5. The Morgan fingerprint density at radius 3 is 2.75 bits per heavy atom. The number of amides is 1. The van der Waals surface area contributed by atoms with Crippen LogP contribution in [0.15, 0.2) is 58.4 Å². The molecule has 1 saturated heterocycles. The summed E-state index contributed by atoms with van der Waals surface area (Å²) in [6.45, 7) is 0.504. The third kappa shape index (κ3) is 4.73. The van der Waals surface area contributed by atoms with Gasteiger partial charge in [0.1, 0.15) is 21.5 Å². The van der Waals surface area contributed by atoms with Crippen molar-refractivity contribution in [1.82, 2.24) is 14.3 Å². The van der Waals surface area contributed by atoms with Gasteiger partial charge in [-0.15, -0.1) is 11.3 Å². The Labute approximate surface area is 222 Å². The molecule has 0 N–H and O–H groups in total. The maximum atomic E-state index is 14.2. The summed E-state index contributed by atoms with van der Waals surface area (Å²) >= 11 is 8.88. The van der Waals surface area contributed by atoms with Crippen LogP contribution >= 0.6 is 34.3 Å². The molecule has 1 aliphatic heterocycles. The maximum absolute atomic E-state index is 14.2. The van der Waals surface area contributed by atoms with E-state index < -0.39 is 16.1 Å². The lowest BCUT2D eigenvalue weighted by molar-refractivity contribution is -0.123. The fourth-order valence-corrected chi connectivity index (χ4v) is 8.31. The normalized spacial score (nSPS) is 16.8. The van der Waals surface area contributed by atoms with Gasteiger partial charge in [-0.2, -0.15) is 4.31 Å². The van der Waals surface area contributed by atoms with Gasteiger partial charge in [0, 0.05) is 18.9 Å². The van der Waals surface area contributed by atoms with Crippen LogP contribution in [0.3, 0.4) is 0 Å². The quantitative estimate of drug-likeness (QED) is 0.308. The molecule has 1 amide bonds. The van der Waals surface area contributed by atoms with Crippen molar-refractivity contribution in [2.24, 2.45) is 0 Å². The number of hydrogen-bond acceptors (Lipinski definition) is 8.